The monoisotopic (exact) mass is 221 g/mol. The van der Waals surface area contributed by atoms with Gasteiger partial charge in [-0.3, -0.25) is 4.99 Å². The highest BCUT2D eigenvalue weighted by Crippen LogP contribution is 2.47. The minimum absolute atomic E-state index is 0.128. The number of rotatable bonds is 3. The van der Waals surface area contributed by atoms with Crippen molar-refractivity contribution in [1.29, 1.82) is 0 Å². The molecule has 3 nitrogen and oxygen atoms in total. The summed E-state index contributed by atoms with van der Waals surface area (Å²) >= 11 is 0. The molecule has 0 spiro atoms. The van der Waals surface area contributed by atoms with Crippen molar-refractivity contribution in [2.45, 2.75) is 18.3 Å². The molecule has 4 heteroatoms. The number of hydrogen-bond donors (Lipinski definition) is 2. The lowest BCUT2D eigenvalue weighted by molar-refractivity contribution is 0.619. The standard InChI is InChI=1S/C12H16FN3/c1-15-11(14)16-8-12(6-7-12)9-2-4-10(13)5-3-9/h2-5H,6-8H2,1H3,(H3,14,15,16). The van der Waals surface area contributed by atoms with E-state index in [0.29, 0.717) is 5.96 Å². The lowest BCUT2D eigenvalue weighted by Gasteiger charge is -2.16. The van der Waals surface area contributed by atoms with Gasteiger partial charge in [0.05, 0.1) is 0 Å². The van der Waals surface area contributed by atoms with Gasteiger partial charge in [0, 0.05) is 19.0 Å². The van der Waals surface area contributed by atoms with Gasteiger partial charge in [-0.2, -0.15) is 0 Å². The second-order valence-corrected chi connectivity index (χ2v) is 4.25. The molecule has 0 bridgehead atoms. The summed E-state index contributed by atoms with van der Waals surface area (Å²) in [6, 6.07) is 6.71. The first-order valence-electron chi connectivity index (χ1n) is 5.38. The Kier molecular flexibility index (Phi) is 2.81. The minimum Gasteiger partial charge on any atom is -0.370 e. The molecule has 0 aromatic heterocycles. The highest BCUT2D eigenvalue weighted by Gasteiger charge is 2.43. The molecule has 1 aromatic rings. The molecule has 16 heavy (non-hydrogen) atoms. The normalized spacial score (nSPS) is 18.2. The minimum atomic E-state index is -0.192. The summed E-state index contributed by atoms with van der Waals surface area (Å²) in [4.78, 5) is 3.85. The van der Waals surface area contributed by atoms with Gasteiger partial charge in [0.15, 0.2) is 5.96 Å². The Morgan fingerprint density at radius 2 is 2.06 bits per heavy atom. The van der Waals surface area contributed by atoms with Crippen LogP contribution in [0.5, 0.6) is 0 Å². The molecule has 3 N–H and O–H groups in total. The Balaban J connectivity index is 2.05. The van der Waals surface area contributed by atoms with Crippen LogP contribution in [0.15, 0.2) is 29.3 Å². The lowest BCUT2D eigenvalue weighted by atomic mass is 9.96. The summed E-state index contributed by atoms with van der Waals surface area (Å²) < 4.78 is 12.8. The third kappa shape index (κ3) is 2.15. The molecule has 0 amide bonds. The second-order valence-electron chi connectivity index (χ2n) is 4.25. The SMILES string of the molecule is CN=C(N)NCC1(c2ccc(F)cc2)CC1. The van der Waals surface area contributed by atoms with Gasteiger partial charge < -0.3 is 11.1 Å². The molecule has 0 atom stereocenters. The van der Waals surface area contributed by atoms with Crippen molar-refractivity contribution in [2.75, 3.05) is 13.6 Å². The van der Waals surface area contributed by atoms with Crippen molar-refractivity contribution < 1.29 is 4.39 Å². The zero-order chi connectivity index (χ0) is 11.6. The van der Waals surface area contributed by atoms with Crippen LogP contribution >= 0.6 is 0 Å². The maximum Gasteiger partial charge on any atom is 0.188 e. The number of halogens is 1. The molecule has 1 saturated carbocycles. The third-order valence-corrected chi connectivity index (χ3v) is 3.16. The van der Waals surface area contributed by atoms with Crippen molar-refractivity contribution in [3.05, 3.63) is 35.6 Å². The Labute approximate surface area is 94.6 Å². The molecule has 0 unspecified atom stereocenters. The van der Waals surface area contributed by atoms with Crippen molar-refractivity contribution in [3.8, 4) is 0 Å². The van der Waals surface area contributed by atoms with Crippen LogP contribution in [0.3, 0.4) is 0 Å². The summed E-state index contributed by atoms with van der Waals surface area (Å²) in [6.45, 7) is 0.766. The van der Waals surface area contributed by atoms with E-state index in [1.807, 2.05) is 12.1 Å². The molecule has 86 valence electrons. The molecule has 2 rings (SSSR count). The fourth-order valence-corrected chi connectivity index (χ4v) is 1.86. The van der Waals surface area contributed by atoms with Gasteiger partial charge in [-0.05, 0) is 30.5 Å². The van der Waals surface area contributed by atoms with Crippen molar-refractivity contribution >= 4 is 5.96 Å². The van der Waals surface area contributed by atoms with Gasteiger partial charge in [-0.15, -0.1) is 0 Å². The first-order valence-corrected chi connectivity index (χ1v) is 5.38. The molecule has 1 fully saturated rings. The van der Waals surface area contributed by atoms with Crippen LogP contribution < -0.4 is 11.1 Å². The van der Waals surface area contributed by atoms with E-state index in [9.17, 15) is 4.39 Å². The molecule has 0 heterocycles. The summed E-state index contributed by atoms with van der Waals surface area (Å²) in [5.41, 5.74) is 6.89. The number of nitrogens with two attached hydrogens (primary N) is 1. The van der Waals surface area contributed by atoms with Crippen LogP contribution in [0.25, 0.3) is 0 Å². The third-order valence-electron chi connectivity index (χ3n) is 3.16. The predicted molar refractivity (Wildman–Crippen MR) is 62.9 cm³/mol. The second kappa shape index (κ2) is 4.12. The number of aliphatic imine (C=N–C) groups is 1. The largest absolute Gasteiger partial charge is 0.370 e. The van der Waals surface area contributed by atoms with Gasteiger partial charge in [-0.25, -0.2) is 4.39 Å². The Morgan fingerprint density at radius 3 is 2.56 bits per heavy atom. The van der Waals surface area contributed by atoms with E-state index >= 15 is 0 Å². The molecule has 0 aliphatic heterocycles. The molecule has 1 aliphatic carbocycles. The average molecular weight is 221 g/mol. The van der Waals surface area contributed by atoms with Crippen LogP contribution in [0.2, 0.25) is 0 Å². The smallest absolute Gasteiger partial charge is 0.188 e. The van der Waals surface area contributed by atoms with Crippen LogP contribution in [-0.4, -0.2) is 19.6 Å². The zero-order valence-corrected chi connectivity index (χ0v) is 9.33. The number of nitrogens with zero attached hydrogens (tertiary/aromatic N) is 1. The zero-order valence-electron chi connectivity index (χ0n) is 9.33. The summed E-state index contributed by atoms with van der Waals surface area (Å²) in [5.74, 6) is 0.260. The Morgan fingerprint density at radius 1 is 1.44 bits per heavy atom. The summed E-state index contributed by atoms with van der Waals surface area (Å²) in [5, 5.41) is 3.08. The predicted octanol–water partition coefficient (Wildman–Crippen LogP) is 1.39. The van der Waals surface area contributed by atoms with E-state index in [1.54, 1.807) is 7.05 Å². The van der Waals surface area contributed by atoms with E-state index in [4.69, 9.17) is 5.73 Å². The number of guanidine groups is 1. The van der Waals surface area contributed by atoms with Crippen LogP contribution in [0.1, 0.15) is 18.4 Å². The Hall–Kier alpha value is -1.58. The van der Waals surface area contributed by atoms with E-state index < -0.39 is 0 Å². The van der Waals surface area contributed by atoms with Gasteiger partial charge in [-0.1, -0.05) is 12.1 Å². The summed E-state index contributed by atoms with van der Waals surface area (Å²) in [7, 11) is 1.65. The lowest BCUT2D eigenvalue weighted by Crippen LogP contribution is -2.37. The topological polar surface area (TPSA) is 50.4 Å². The molecule has 1 aliphatic rings. The maximum absolute atomic E-state index is 12.8. The fraction of sp³-hybridized carbons (Fsp3) is 0.417. The first kappa shape index (κ1) is 10.9. The summed E-state index contributed by atoms with van der Waals surface area (Å²) in [6.07, 6.45) is 2.23. The van der Waals surface area contributed by atoms with Crippen LogP contribution in [0.4, 0.5) is 4.39 Å². The fourth-order valence-electron chi connectivity index (χ4n) is 1.86. The average Bonchev–Trinajstić information content (AvgIpc) is 3.08. The van der Waals surface area contributed by atoms with Crippen LogP contribution in [-0.2, 0) is 5.41 Å². The number of hydrogen-bond acceptors (Lipinski definition) is 1. The van der Waals surface area contributed by atoms with Gasteiger partial charge in [0.25, 0.3) is 0 Å². The van der Waals surface area contributed by atoms with Crippen molar-refractivity contribution in [1.82, 2.24) is 5.32 Å². The van der Waals surface area contributed by atoms with Crippen LogP contribution in [0, 0.1) is 5.82 Å². The quantitative estimate of drug-likeness (QED) is 0.598. The molecule has 1 aromatic carbocycles. The Bertz CT molecular complexity index is 393. The number of benzene rings is 1. The van der Waals surface area contributed by atoms with E-state index in [-0.39, 0.29) is 11.2 Å². The van der Waals surface area contributed by atoms with Gasteiger partial charge in [0.2, 0.25) is 0 Å². The molecule has 0 radical (unpaired) electrons. The number of nitrogens with one attached hydrogen (secondary N) is 1. The molecular formula is C12H16FN3. The van der Waals surface area contributed by atoms with Gasteiger partial charge >= 0.3 is 0 Å². The van der Waals surface area contributed by atoms with Gasteiger partial charge in [0.1, 0.15) is 5.82 Å². The molecular weight excluding hydrogens is 205 g/mol. The maximum atomic E-state index is 12.8. The van der Waals surface area contributed by atoms with E-state index in [2.05, 4.69) is 10.3 Å². The molecule has 0 saturated heterocycles. The van der Waals surface area contributed by atoms with Crippen molar-refractivity contribution in [3.63, 3.8) is 0 Å². The highest BCUT2D eigenvalue weighted by molar-refractivity contribution is 5.77. The first-order chi connectivity index (χ1) is 7.66. The van der Waals surface area contributed by atoms with Crippen molar-refractivity contribution in [2.24, 2.45) is 10.7 Å². The van der Waals surface area contributed by atoms with E-state index in [1.165, 1.54) is 17.7 Å². The highest BCUT2D eigenvalue weighted by atomic mass is 19.1. The van der Waals surface area contributed by atoms with E-state index in [0.717, 1.165) is 19.4 Å².